The molecule has 0 saturated heterocycles. The van der Waals surface area contributed by atoms with E-state index >= 15 is 0 Å². The molecule has 0 spiro atoms. The molecule has 0 saturated carbocycles. The molecule has 0 aliphatic rings. The number of halogens is 2. The van der Waals surface area contributed by atoms with E-state index in [1.54, 1.807) is 60.7 Å². The third-order valence-electron chi connectivity index (χ3n) is 3.82. The summed E-state index contributed by atoms with van der Waals surface area (Å²) in [5.74, 6) is -1.41. The Balaban J connectivity index is 2.15. The maximum Gasteiger partial charge on any atom is 0.231 e. The number of aromatic nitrogens is 1. The number of primary amides is 1. The minimum absolute atomic E-state index is 0.0959. The van der Waals surface area contributed by atoms with Gasteiger partial charge in [0.25, 0.3) is 0 Å². The van der Waals surface area contributed by atoms with Crippen LogP contribution >= 0.6 is 23.2 Å². The lowest BCUT2D eigenvalue weighted by Gasteiger charge is -2.17. The fraction of sp³-hybridized carbons (Fsp3) is 0.0526. The molecule has 3 aromatic rings. The van der Waals surface area contributed by atoms with Crippen LogP contribution in [0.25, 0.3) is 11.3 Å². The number of hydrogen-bond donors (Lipinski definition) is 2. The zero-order chi connectivity index (χ0) is 18.0. The molecule has 25 heavy (non-hydrogen) atoms. The van der Waals surface area contributed by atoms with Crippen LogP contribution in [0.5, 0.6) is 5.75 Å². The highest BCUT2D eigenvalue weighted by Gasteiger charge is 2.27. The number of phenolic OH excluding ortho intramolecular Hbond substituents is 1. The van der Waals surface area contributed by atoms with Crippen molar-refractivity contribution in [1.82, 2.24) is 4.98 Å². The van der Waals surface area contributed by atoms with Crippen molar-refractivity contribution in [2.75, 3.05) is 0 Å². The molecule has 1 heterocycles. The topological polar surface area (TPSA) is 76.2 Å². The fourth-order valence-electron chi connectivity index (χ4n) is 2.67. The second-order valence-corrected chi connectivity index (χ2v) is 6.25. The van der Waals surface area contributed by atoms with E-state index in [1.165, 1.54) is 0 Å². The smallest absolute Gasteiger partial charge is 0.231 e. The predicted octanol–water partition coefficient (Wildman–Crippen LogP) is 4.38. The van der Waals surface area contributed by atoms with Crippen LogP contribution in [0.2, 0.25) is 10.0 Å². The monoisotopic (exact) mass is 372 g/mol. The average Bonchev–Trinajstić information content (AvgIpc) is 2.58. The Morgan fingerprint density at radius 2 is 1.60 bits per heavy atom. The second kappa shape index (κ2) is 7.13. The van der Waals surface area contributed by atoms with E-state index in [-0.39, 0.29) is 5.75 Å². The average molecular weight is 373 g/mol. The second-order valence-electron chi connectivity index (χ2n) is 5.44. The van der Waals surface area contributed by atoms with Gasteiger partial charge in [-0.1, -0.05) is 47.5 Å². The van der Waals surface area contributed by atoms with Gasteiger partial charge in [0.15, 0.2) is 0 Å². The Labute approximate surface area is 154 Å². The van der Waals surface area contributed by atoms with Gasteiger partial charge < -0.3 is 10.8 Å². The Kier molecular flexibility index (Phi) is 4.93. The zero-order valence-electron chi connectivity index (χ0n) is 13.0. The lowest BCUT2D eigenvalue weighted by molar-refractivity contribution is -0.118. The summed E-state index contributed by atoms with van der Waals surface area (Å²) < 4.78 is 0. The maximum absolute atomic E-state index is 12.1. The summed E-state index contributed by atoms with van der Waals surface area (Å²) in [6, 6.07) is 17.0. The normalized spacial score (nSPS) is 11.9. The summed E-state index contributed by atoms with van der Waals surface area (Å²) >= 11 is 12.5. The Bertz CT molecular complexity index is 924. The van der Waals surface area contributed by atoms with Crippen LogP contribution in [0, 0.1) is 0 Å². The predicted molar refractivity (Wildman–Crippen MR) is 98.8 cm³/mol. The minimum Gasteiger partial charge on any atom is -0.507 e. The van der Waals surface area contributed by atoms with Gasteiger partial charge >= 0.3 is 0 Å². The first-order chi connectivity index (χ1) is 12.0. The van der Waals surface area contributed by atoms with Crippen molar-refractivity contribution >= 4 is 29.1 Å². The van der Waals surface area contributed by atoms with E-state index < -0.39 is 11.8 Å². The van der Waals surface area contributed by atoms with Crippen LogP contribution in [-0.4, -0.2) is 16.0 Å². The number of benzene rings is 2. The first kappa shape index (κ1) is 17.3. The molecule has 0 aliphatic carbocycles. The van der Waals surface area contributed by atoms with E-state index in [2.05, 4.69) is 4.98 Å². The van der Waals surface area contributed by atoms with Crippen LogP contribution in [0.3, 0.4) is 0 Å². The van der Waals surface area contributed by atoms with Gasteiger partial charge in [0.1, 0.15) is 11.7 Å². The van der Waals surface area contributed by atoms with Gasteiger partial charge in [0.2, 0.25) is 5.91 Å². The van der Waals surface area contributed by atoms with E-state index in [0.29, 0.717) is 32.6 Å². The molecule has 6 heteroatoms. The number of carbonyl (C=O) groups is 1. The molecule has 3 rings (SSSR count). The summed E-state index contributed by atoms with van der Waals surface area (Å²) in [6.45, 7) is 0. The van der Waals surface area contributed by atoms with Crippen molar-refractivity contribution < 1.29 is 9.90 Å². The molecular weight excluding hydrogens is 359 g/mol. The van der Waals surface area contributed by atoms with E-state index in [1.807, 2.05) is 0 Å². The van der Waals surface area contributed by atoms with Gasteiger partial charge in [-0.3, -0.25) is 9.78 Å². The summed E-state index contributed by atoms with van der Waals surface area (Å²) in [7, 11) is 0. The number of pyridine rings is 1. The fourth-order valence-corrected chi connectivity index (χ4v) is 3.29. The van der Waals surface area contributed by atoms with Crippen molar-refractivity contribution in [2.24, 2.45) is 5.73 Å². The molecule has 0 aliphatic heterocycles. The molecular formula is C19H14Cl2N2O2. The molecule has 3 N–H and O–H groups in total. The van der Waals surface area contributed by atoms with Crippen molar-refractivity contribution in [1.29, 1.82) is 0 Å². The number of nitrogens with zero attached hydrogens (tertiary/aromatic N) is 1. The number of hydrogen-bond acceptors (Lipinski definition) is 3. The number of nitrogens with two attached hydrogens (primary N) is 1. The third kappa shape index (κ3) is 3.45. The van der Waals surface area contributed by atoms with Crippen LogP contribution in [-0.2, 0) is 4.79 Å². The molecule has 1 aromatic heterocycles. The van der Waals surface area contributed by atoms with Crippen molar-refractivity contribution in [3.8, 4) is 17.0 Å². The molecule has 126 valence electrons. The van der Waals surface area contributed by atoms with Crippen LogP contribution in [0.15, 0.2) is 60.7 Å². The molecule has 1 amide bonds. The molecule has 2 aromatic carbocycles. The number of phenols is 1. The largest absolute Gasteiger partial charge is 0.507 e. The van der Waals surface area contributed by atoms with Gasteiger partial charge in [-0.05, 0) is 36.4 Å². The maximum atomic E-state index is 12.1. The third-order valence-corrected chi connectivity index (χ3v) is 4.48. The van der Waals surface area contributed by atoms with Gasteiger partial charge in [-0.2, -0.15) is 0 Å². The quantitative estimate of drug-likeness (QED) is 0.713. The Hall–Kier alpha value is -2.56. The Morgan fingerprint density at radius 1 is 0.960 bits per heavy atom. The molecule has 0 fully saturated rings. The highest BCUT2D eigenvalue weighted by atomic mass is 35.5. The van der Waals surface area contributed by atoms with Crippen molar-refractivity contribution in [3.63, 3.8) is 0 Å². The van der Waals surface area contributed by atoms with Crippen molar-refractivity contribution in [2.45, 2.75) is 5.92 Å². The van der Waals surface area contributed by atoms with Crippen LogP contribution < -0.4 is 5.73 Å². The molecule has 4 nitrogen and oxygen atoms in total. The minimum atomic E-state index is -0.896. The number of aromatic hydroxyl groups is 1. The first-order valence-corrected chi connectivity index (χ1v) is 8.23. The number of rotatable bonds is 4. The summed E-state index contributed by atoms with van der Waals surface area (Å²) in [4.78, 5) is 16.6. The molecule has 0 bridgehead atoms. The van der Waals surface area contributed by atoms with Crippen molar-refractivity contribution in [3.05, 3.63) is 82.0 Å². The Morgan fingerprint density at radius 3 is 2.24 bits per heavy atom. The highest BCUT2D eigenvalue weighted by Crippen LogP contribution is 2.36. The van der Waals surface area contributed by atoms with Gasteiger partial charge in [0.05, 0.1) is 11.4 Å². The molecule has 0 radical (unpaired) electrons. The number of amides is 1. The molecule has 1 unspecified atom stereocenters. The number of para-hydroxylation sites is 1. The standard InChI is InChI=1S/C19H14Cl2N2O2/c20-12-6-3-7-13(21)17(12)18(19(22)25)15-9-4-8-14(23-15)11-5-1-2-10-16(11)24/h1-10,18,24H,(H2,22,25). The summed E-state index contributed by atoms with van der Waals surface area (Å²) in [6.07, 6.45) is 0. The summed E-state index contributed by atoms with van der Waals surface area (Å²) in [5.41, 5.74) is 7.51. The lowest BCUT2D eigenvalue weighted by atomic mass is 9.93. The van der Waals surface area contributed by atoms with Crippen LogP contribution in [0.4, 0.5) is 0 Å². The summed E-state index contributed by atoms with van der Waals surface area (Å²) in [5, 5.41) is 10.7. The highest BCUT2D eigenvalue weighted by molar-refractivity contribution is 6.36. The molecule has 1 atom stereocenters. The first-order valence-electron chi connectivity index (χ1n) is 7.47. The van der Waals surface area contributed by atoms with E-state index in [9.17, 15) is 9.90 Å². The SMILES string of the molecule is NC(=O)C(c1cccc(-c2ccccc2O)n1)c1c(Cl)cccc1Cl. The lowest BCUT2D eigenvalue weighted by Crippen LogP contribution is -2.24. The number of carbonyl (C=O) groups excluding carboxylic acids is 1. The zero-order valence-corrected chi connectivity index (χ0v) is 14.5. The van der Waals surface area contributed by atoms with Gasteiger partial charge in [0, 0.05) is 21.2 Å². The van der Waals surface area contributed by atoms with Crippen LogP contribution in [0.1, 0.15) is 17.2 Å². The van der Waals surface area contributed by atoms with Gasteiger partial charge in [-0.25, -0.2) is 0 Å². The van der Waals surface area contributed by atoms with E-state index in [4.69, 9.17) is 28.9 Å². The van der Waals surface area contributed by atoms with Gasteiger partial charge in [-0.15, -0.1) is 0 Å². The van der Waals surface area contributed by atoms with E-state index in [0.717, 1.165) is 0 Å².